The fraction of sp³-hybridized carbons (Fsp3) is 0.333. The van der Waals surface area contributed by atoms with Crippen molar-refractivity contribution in [2.45, 2.75) is 26.4 Å². The molecule has 112 valence electrons. The molecule has 6 heteroatoms. The zero-order valence-electron chi connectivity index (χ0n) is 12.0. The lowest BCUT2D eigenvalue weighted by atomic mass is 10.2. The van der Waals surface area contributed by atoms with E-state index in [4.69, 9.17) is 0 Å². The SMILES string of the molecule is CCN(Cc1cccs1)C(=O)C(C)NC(=O)c1cccs1. The van der Waals surface area contributed by atoms with E-state index in [1.54, 1.807) is 29.2 Å². The van der Waals surface area contributed by atoms with Crippen LogP contribution in [0.4, 0.5) is 0 Å². The van der Waals surface area contributed by atoms with Gasteiger partial charge in [-0.1, -0.05) is 12.1 Å². The van der Waals surface area contributed by atoms with Crippen LogP contribution in [0.1, 0.15) is 28.4 Å². The second-order valence-corrected chi connectivity index (χ2v) is 6.58. The van der Waals surface area contributed by atoms with Crippen molar-refractivity contribution in [3.05, 3.63) is 44.8 Å². The van der Waals surface area contributed by atoms with Crippen LogP contribution in [0.3, 0.4) is 0 Å². The van der Waals surface area contributed by atoms with Crippen LogP contribution >= 0.6 is 22.7 Å². The summed E-state index contributed by atoms with van der Waals surface area (Å²) in [5.74, 6) is -0.256. The van der Waals surface area contributed by atoms with Crippen LogP contribution < -0.4 is 5.32 Å². The summed E-state index contributed by atoms with van der Waals surface area (Å²) >= 11 is 3.00. The van der Waals surface area contributed by atoms with Gasteiger partial charge in [0.2, 0.25) is 5.91 Å². The van der Waals surface area contributed by atoms with E-state index >= 15 is 0 Å². The number of hydrogen-bond donors (Lipinski definition) is 1. The van der Waals surface area contributed by atoms with Gasteiger partial charge in [0.05, 0.1) is 11.4 Å². The number of amides is 2. The monoisotopic (exact) mass is 322 g/mol. The van der Waals surface area contributed by atoms with Gasteiger partial charge in [-0.05, 0) is 36.7 Å². The van der Waals surface area contributed by atoms with Gasteiger partial charge in [-0.3, -0.25) is 9.59 Å². The molecule has 0 aromatic carbocycles. The number of hydrogen-bond acceptors (Lipinski definition) is 4. The molecule has 0 spiro atoms. The van der Waals surface area contributed by atoms with Crippen LogP contribution in [0.25, 0.3) is 0 Å². The summed E-state index contributed by atoms with van der Waals surface area (Å²) in [6.45, 7) is 4.88. The van der Waals surface area contributed by atoms with Crippen molar-refractivity contribution < 1.29 is 9.59 Å². The van der Waals surface area contributed by atoms with E-state index in [1.807, 2.05) is 35.9 Å². The molecular formula is C15H18N2O2S2. The highest BCUT2D eigenvalue weighted by Crippen LogP contribution is 2.13. The second-order valence-electron chi connectivity index (χ2n) is 4.60. The number of nitrogens with zero attached hydrogens (tertiary/aromatic N) is 1. The van der Waals surface area contributed by atoms with Crippen molar-refractivity contribution in [2.75, 3.05) is 6.54 Å². The first kappa shape index (κ1) is 15.7. The van der Waals surface area contributed by atoms with Crippen LogP contribution in [-0.2, 0) is 11.3 Å². The van der Waals surface area contributed by atoms with Gasteiger partial charge >= 0.3 is 0 Å². The molecule has 0 aliphatic carbocycles. The Morgan fingerprint density at radius 3 is 2.52 bits per heavy atom. The van der Waals surface area contributed by atoms with Crippen LogP contribution in [0.5, 0.6) is 0 Å². The summed E-state index contributed by atoms with van der Waals surface area (Å²) in [7, 11) is 0. The summed E-state index contributed by atoms with van der Waals surface area (Å²) in [6.07, 6.45) is 0. The van der Waals surface area contributed by atoms with Crippen molar-refractivity contribution in [2.24, 2.45) is 0 Å². The Kier molecular flexibility index (Phi) is 5.52. The normalized spacial score (nSPS) is 11.9. The van der Waals surface area contributed by atoms with Crippen molar-refractivity contribution in [1.29, 1.82) is 0 Å². The van der Waals surface area contributed by atoms with Crippen molar-refractivity contribution in [3.63, 3.8) is 0 Å². The molecule has 2 rings (SSSR count). The topological polar surface area (TPSA) is 49.4 Å². The van der Waals surface area contributed by atoms with Crippen molar-refractivity contribution >= 4 is 34.5 Å². The van der Waals surface area contributed by atoms with Gasteiger partial charge < -0.3 is 10.2 Å². The summed E-state index contributed by atoms with van der Waals surface area (Å²) in [4.78, 5) is 27.9. The fourth-order valence-corrected chi connectivity index (χ4v) is 3.29. The van der Waals surface area contributed by atoms with E-state index in [0.717, 1.165) is 4.88 Å². The molecule has 0 fully saturated rings. The van der Waals surface area contributed by atoms with Crippen molar-refractivity contribution in [1.82, 2.24) is 10.2 Å². The lowest BCUT2D eigenvalue weighted by Gasteiger charge is -2.24. The van der Waals surface area contributed by atoms with Gasteiger partial charge in [-0.15, -0.1) is 22.7 Å². The van der Waals surface area contributed by atoms with E-state index in [9.17, 15) is 9.59 Å². The maximum Gasteiger partial charge on any atom is 0.261 e. The fourth-order valence-electron chi connectivity index (χ4n) is 1.95. The third kappa shape index (κ3) is 4.15. The molecule has 1 atom stereocenters. The molecule has 0 radical (unpaired) electrons. The molecule has 0 saturated heterocycles. The Balaban J connectivity index is 1.95. The first-order valence-electron chi connectivity index (χ1n) is 6.77. The Hall–Kier alpha value is -1.66. The van der Waals surface area contributed by atoms with E-state index < -0.39 is 6.04 Å². The van der Waals surface area contributed by atoms with E-state index in [0.29, 0.717) is 18.0 Å². The van der Waals surface area contributed by atoms with Gasteiger partial charge in [0.15, 0.2) is 0 Å². The summed E-state index contributed by atoms with van der Waals surface area (Å²) in [5.41, 5.74) is 0. The number of thiophene rings is 2. The Labute approximate surface area is 132 Å². The van der Waals surface area contributed by atoms with E-state index in [-0.39, 0.29) is 11.8 Å². The largest absolute Gasteiger partial charge is 0.340 e. The lowest BCUT2D eigenvalue weighted by Crippen LogP contribution is -2.46. The van der Waals surface area contributed by atoms with Crippen LogP contribution in [0, 0.1) is 0 Å². The number of likely N-dealkylation sites (N-methyl/N-ethyl adjacent to an activating group) is 1. The van der Waals surface area contributed by atoms with Crippen LogP contribution in [0.2, 0.25) is 0 Å². The van der Waals surface area contributed by atoms with E-state index in [2.05, 4.69) is 5.32 Å². The molecule has 2 heterocycles. The average Bonchev–Trinajstić information content (AvgIpc) is 3.16. The highest BCUT2D eigenvalue weighted by molar-refractivity contribution is 7.12. The van der Waals surface area contributed by atoms with Crippen molar-refractivity contribution in [3.8, 4) is 0 Å². The minimum atomic E-state index is -0.528. The quantitative estimate of drug-likeness (QED) is 0.889. The Morgan fingerprint density at radius 1 is 1.24 bits per heavy atom. The smallest absolute Gasteiger partial charge is 0.261 e. The summed E-state index contributed by atoms with van der Waals surface area (Å²) in [6, 6.07) is 7.02. The molecule has 0 saturated carbocycles. The molecule has 2 amide bonds. The summed E-state index contributed by atoms with van der Waals surface area (Å²) in [5, 5.41) is 6.60. The molecule has 0 aliphatic rings. The second kappa shape index (κ2) is 7.38. The van der Waals surface area contributed by atoms with E-state index in [1.165, 1.54) is 11.3 Å². The molecule has 2 aromatic rings. The number of carbonyl (C=O) groups excluding carboxylic acids is 2. The van der Waals surface area contributed by atoms with Gasteiger partial charge in [0, 0.05) is 11.4 Å². The molecular weight excluding hydrogens is 304 g/mol. The zero-order chi connectivity index (χ0) is 15.2. The third-order valence-corrected chi connectivity index (χ3v) is 4.81. The third-order valence-electron chi connectivity index (χ3n) is 3.08. The maximum atomic E-state index is 12.4. The average molecular weight is 322 g/mol. The molecule has 1 N–H and O–H groups in total. The minimum absolute atomic E-state index is 0.0594. The first-order chi connectivity index (χ1) is 10.1. The maximum absolute atomic E-state index is 12.4. The predicted molar refractivity (Wildman–Crippen MR) is 86.7 cm³/mol. The molecule has 4 nitrogen and oxygen atoms in total. The standard InChI is InChI=1S/C15H18N2O2S2/c1-3-17(10-12-6-4-8-20-12)15(19)11(2)16-14(18)13-7-5-9-21-13/h4-9,11H,3,10H2,1-2H3,(H,16,18). The molecule has 21 heavy (non-hydrogen) atoms. The highest BCUT2D eigenvalue weighted by atomic mass is 32.1. The summed E-state index contributed by atoms with van der Waals surface area (Å²) < 4.78 is 0. The highest BCUT2D eigenvalue weighted by Gasteiger charge is 2.22. The zero-order valence-corrected chi connectivity index (χ0v) is 13.7. The van der Waals surface area contributed by atoms with Gasteiger partial charge in [0.1, 0.15) is 6.04 Å². The molecule has 0 bridgehead atoms. The Bertz CT molecular complexity index is 579. The van der Waals surface area contributed by atoms with Gasteiger partial charge in [0.25, 0.3) is 5.91 Å². The Morgan fingerprint density at radius 2 is 1.95 bits per heavy atom. The first-order valence-corrected chi connectivity index (χ1v) is 8.53. The lowest BCUT2D eigenvalue weighted by molar-refractivity contribution is -0.133. The van der Waals surface area contributed by atoms with Gasteiger partial charge in [-0.25, -0.2) is 0 Å². The number of nitrogens with one attached hydrogen (secondary N) is 1. The van der Waals surface area contributed by atoms with Crippen LogP contribution in [-0.4, -0.2) is 29.3 Å². The molecule has 1 unspecified atom stereocenters. The molecule has 2 aromatic heterocycles. The number of carbonyl (C=O) groups is 2. The van der Waals surface area contributed by atoms with Crippen LogP contribution in [0.15, 0.2) is 35.0 Å². The minimum Gasteiger partial charge on any atom is -0.340 e. The van der Waals surface area contributed by atoms with Gasteiger partial charge in [-0.2, -0.15) is 0 Å². The number of rotatable bonds is 6. The molecule has 0 aliphatic heterocycles. The predicted octanol–water partition coefficient (Wildman–Crippen LogP) is 2.98.